The van der Waals surface area contributed by atoms with Crippen LogP contribution in [0, 0.1) is 6.92 Å². The van der Waals surface area contributed by atoms with E-state index in [0.717, 1.165) is 0 Å². The standard InChI is InChI=1S/C7H9NO4/c1-4-7(11)5(8-12-4)2-3-6(9)10/h11H,2-3H2,1H3,(H,9,10). The molecule has 12 heavy (non-hydrogen) atoms. The summed E-state index contributed by atoms with van der Waals surface area (Å²) in [6.45, 7) is 1.56. The molecule has 2 N–H and O–H groups in total. The first-order valence-electron chi connectivity index (χ1n) is 3.47. The van der Waals surface area contributed by atoms with Crippen molar-refractivity contribution in [3.8, 4) is 5.75 Å². The van der Waals surface area contributed by atoms with Gasteiger partial charge < -0.3 is 14.7 Å². The van der Waals surface area contributed by atoms with Gasteiger partial charge >= 0.3 is 5.97 Å². The van der Waals surface area contributed by atoms with Crippen LogP contribution in [0.4, 0.5) is 0 Å². The smallest absolute Gasteiger partial charge is 0.303 e. The Hall–Kier alpha value is -1.52. The average Bonchev–Trinajstić information content (AvgIpc) is 2.30. The molecular weight excluding hydrogens is 162 g/mol. The topological polar surface area (TPSA) is 83.6 Å². The molecule has 1 heterocycles. The Kier molecular flexibility index (Phi) is 2.32. The maximum Gasteiger partial charge on any atom is 0.303 e. The van der Waals surface area contributed by atoms with Crippen LogP contribution >= 0.6 is 0 Å². The molecule has 1 aromatic rings. The van der Waals surface area contributed by atoms with E-state index in [4.69, 9.17) is 5.11 Å². The highest BCUT2D eigenvalue weighted by Crippen LogP contribution is 2.21. The van der Waals surface area contributed by atoms with Gasteiger partial charge in [0.2, 0.25) is 0 Å². The van der Waals surface area contributed by atoms with E-state index in [2.05, 4.69) is 9.68 Å². The number of aliphatic carboxylic acids is 1. The highest BCUT2D eigenvalue weighted by atomic mass is 16.5. The fourth-order valence-electron chi connectivity index (χ4n) is 0.803. The summed E-state index contributed by atoms with van der Waals surface area (Å²) in [4.78, 5) is 10.2. The van der Waals surface area contributed by atoms with E-state index in [-0.39, 0.29) is 18.6 Å². The van der Waals surface area contributed by atoms with Gasteiger partial charge in [0.15, 0.2) is 11.5 Å². The largest absolute Gasteiger partial charge is 0.503 e. The number of carboxylic acids is 1. The first kappa shape index (κ1) is 8.58. The number of rotatable bonds is 3. The number of nitrogens with zero attached hydrogens (tertiary/aromatic N) is 1. The molecule has 5 nitrogen and oxygen atoms in total. The summed E-state index contributed by atoms with van der Waals surface area (Å²) >= 11 is 0. The van der Waals surface area contributed by atoms with E-state index >= 15 is 0 Å². The lowest BCUT2D eigenvalue weighted by molar-refractivity contribution is -0.136. The molecule has 0 atom stereocenters. The lowest BCUT2D eigenvalue weighted by Gasteiger charge is -1.91. The van der Waals surface area contributed by atoms with E-state index in [9.17, 15) is 9.90 Å². The number of hydrogen-bond acceptors (Lipinski definition) is 4. The van der Waals surface area contributed by atoms with Gasteiger partial charge in [-0.25, -0.2) is 0 Å². The molecule has 0 aliphatic heterocycles. The molecule has 0 spiro atoms. The van der Waals surface area contributed by atoms with E-state index < -0.39 is 5.97 Å². The minimum Gasteiger partial charge on any atom is -0.503 e. The zero-order valence-electron chi connectivity index (χ0n) is 6.57. The number of aryl methyl sites for hydroxylation is 2. The van der Waals surface area contributed by atoms with Gasteiger partial charge in [-0.2, -0.15) is 0 Å². The van der Waals surface area contributed by atoms with Crippen molar-refractivity contribution in [3.63, 3.8) is 0 Å². The van der Waals surface area contributed by atoms with Gasteiger partial charge in [-0.05, 0) is 0 Å². The minimum atomic E-state index is -0.921. The Morgan fingerprint density at radius 2 is 2.33 bits per heavy atom. The second-order valence-electron chi connectivity index (χ2n) is 2.43. The van der Waals surface area contributed by atoms with Crippen molar-refractivity contribution in [2.75, 3.05) is 0 Å². The van der Waals surface area contributed by atoms with Gasteiger partial charge in [0.25, 0.3) is 0 Å². The predicted molar refractivity (Wildman–Crippen MR) is 38.9 cm³/mol. The van der Waals surface area contributed by atoms with Crippen molar-refractivity contribution >= 4 is 5.97 Å². The van der Waals surface area contributed by atoms with E-state index in [1.165, 1.54) is 0 Å². The van der Waals surface area contributed by atoms with Crippen molar-refractivity contribution < 1.29 is 19.5 Å². The maximum absolute atomic E-state index is 10.2. The number of aromatic hydroxyl groups is 1. The third-order valence-electron chi connectivity index (χ3n) is 1.48. The summed E-state index contributed by atoms with van der Waals surface area (Å²) in [5.41, 5.74) is 0.301. The molecular formula is C7H9NO4. The number of aromatic nitrogens is 1. The molecule has 0 radical (unpaired) electrons. The Labute approximate surface area is 68.6 Å². The number of carboxylic acid groups (broad SMARTS) is 1. The predicted octanol–water partition coefficient (Wildman–Crippen LogP) is 0.706. The lowest BCUT2D eigenvalue weighted by Crippen LogP contribution is -1.97. The second-order valence-corrected chi connectivity index (χ2v) is 2.43. The Bertz CT molecular complexity index is 292. The van der Waals surface area contributed by atoms with E-state index in [1.54, 1.807) is 6.92 Å². The zero-order valence-corrected chi connectivity index (χ0v) is 6.57. The van der Waals surface area contributed by atoms with Crippen molar-refractivity contribution in [1.29, 1.82) is 0 Å². The van der Waals surface area contributed by atoms with Gasteiger partial charge in [-0.3, -0.25) is 4.79 Å². The Balaban J connectivity index is 2.63. The van der Waals surface area contributed by atoms with Gasteiger partial charge in [-0.1, -0.05) is 5.16 Å². The van der Waals surface area contributed by atoms with Gasteiger partial charge in [-0.15, -0.1) is 0 Å². The first-order chi connectivity index (χ1) is 5.61. The molecule has 0 aliphatic carbocycles. The molecule has 0 fully saturated rings. The summed E-state index contributed by atoms with van der Waals surface area (Å²) < 4.78 is 4.63. The van der Waals surface area contributed by atoms with Crippen LogP contribution in [-0.4, -0.2) is 21.3 Å². The number of hydrogen-bond donors (Lipinski definition) is 2. The van der Waals surface area contributed by atoms with Crippen molar-refractivity contribution in [1.82, 2.24) is 5.16 Å². The SMILES string of the molecule is Cc1onc(CCC(=O)O)c1O. The van der Waals surface area contributed by atoms with Crippen LogP contribution in [0.5, 0.6) is 5.75 Å². The quantitative estimate of drug-likeness (QED) is 0.699. The second kappa shape index (κ2) is 3.25. The molecule has 1 rings (SSSR count). The summed E-state index contributed by atoms with van der Waals surface area (Å²) in [6, 6.07) is 0. The van der Waals surface area contributed by atoms with Crippen LogP contribution in [0.25, 0.3) is 0 Å². The molecule has 66 valence electrons. The molecule has 0 unspecified atom stereocenters. The number of carbonyl (C=O) groups is 1. The average molecular weight is 171 g/mol. The monoisotopic (exact) mass is 171 g/mol. The zero-order chi connectivity index (χ0) is 9.14. The van der Waals surface area contributed by atoms with Crippen LogP contribution in [0.2, 0.25) is 0 Å². The van der Waals surface area contributed by atoms with Crippen LogP contribution in [-0.2, 0) is 11.2 Å². The van der Waals surface area contributed by atoms with Crippen LogP contribution in [0.15, 0.2) is 4.52 Å². The molecule has 1 aromatic heterocycles. The summed E-state index contributed by atoms with van der Waals surface area (Å²) in [6.07, 6.45) is 0.137. The third-order valence-corrected chi connectivity index (χ3v) is 1.48. The summed E-state index contributed by atoms with van der Waals surface area (Å²) in [5.74, 6) is -0.651. The van der Waals surface area contributed by atoms with E-state index in [1.807, 2.05) is 0 Å². The van der Waals surface area contributed by atoms with Crippen LogP contribution in [0.3, 0.4) is 0 Å². The van der Waals surface area contributed by atoms with Gasteiger partial charge in [0, 0.05) is 13.3 Å². The fourth-order valence-corrected chi connectivity index (χ4v) is 0.803. The third kappa shape index (κ3) is 1.75. The summed E-state index contributed by atoms with van der Waals surface area (Å²) in [5, 5.41) is 21.0. The van der Waals surface area contributed by atoms with Gasteiger partial charge in [0.05, 0.1) is 6.42 Å². The molecule has 0 saturated carbocycles. The normalized spacial score (nSPS) is 10.1. The molecule has 5 heteroatoms. The Morgan fingerprint density at radius 1 is 1.67 bits per heavy atom. The van der Waals surface area contributed by atoms with Crippen molar-refractivity contribution in [3.05, 3.63) is 11.5 Å². The minimum absolute atomic E-state index is 0.0451. The highest BCUT2D eigenvalue weighted by Gasteiger charge is 2.11. The first-order valence-corrected chi connectivity index (χ1v) is 3.47. The van der Waals surface area contributed by atoms with Crippen LogP contribution < -0.4 is 0 Å². The fraction of sp³-hybridized carbons (Fsp3) is 0.429. The molecule has 0 bridgehead atoms. The Morgan fingerprint density at radius 3 is 2.75 bits per heavy atom. The molecule has 0 amide bonds. The highest BCUT2D eigenvalue weighted by molar-refractivity contribution is 5.67. The summed E-state index contributed by atoms with van der Waals surface area (Å²) in [7, 11) is 0. The van der Waals surface area contributed by atoms with Crippen molar-refractivity contribution in [2.45, 2.75) is 19.8 Å². The molecule has 0 saturated heterocycles. The molecule has 0 aromatic carbocycles. The van der Waals surface area contributed by atoms with Crippen molar-refractivity contribution in [2.24, 2.45) is 0 Å². The van der Waals surface area contributed by atoms with Gasteiger partial charge in [0.1, 0.15) is 5.69 Å². The maximum atomic E-state index is 10.2. The van der Waals surface area contributed by atoms with Crippen LogP contribution in [0.1, 0.15) is 17.9 Å². The molecule has 0 aliphatic rings. The van der Waals surface area contributed by atoms with E-state index in [0.29, 0.717) is 11.5 Å². The lowest BCUT2D eigenvalue weighted by atomic mass is 10.2.